The number of carbonyl (C=O) groups excluding carboxylic acids is 2. The number of nitrogens with one attached hydrogen (secondary N) is 1. The van der Waals surface area contributed by atoms with E-state index < -0.39 is 11.6 Å². The summed E-state index contributed by atoms with van der Waals surface area (Å²) >= 11 is 5.93. The van der Waals surface area contributed by atoms with Crippen LogP contribution < -0.4 is 10.1 Å². The van der Waals surface area contributed by atoms with E-state index in [1.807, 2.05) is 81.4 Å². The van der Waals surface area contributed by atoms with Gasteiger partial charge in [-0.05, 0) is 62.6 Å². The molecule has 0 radical (unpaired) electrons. The lowest BCUT2D eigenvalue weighted by atomic mass is 10.00. The van der Waals surface area contributed by atoms with E-state index in [9.17, 15) is 9.59 Å². The molecule has 0 bridgehead atoms. The van der Waals surface area contributed by atoms with Crippen LogP contribution in [-0.4, -0.2) is 34.9 Å². The van der Waals surface area contributed by atoms with Gasteiger partial charge in [0.1, 0.15) is 11.8 Å². The molecule has 0 fully saturated rings. The highest BCUT2D eigenvalue weighted by atomic mass is 35.5. The van der Waals surface area contributed by atoms with Crippen molar-refractivity contribution in [3.63, 3.8) is 0 Å². The third-order valence-corrected chi connectivity index (χ3v) is 5.83. The van der Waals surface area contributed by atoms with Crippen LogP contribution in [0.15, 0.2) is 84.9 Å². The number of benzene rings is 3. The molecule has 36 heavy (non-hydrogen) atoms. The monoisotopic (exact) mass is 506 g/mol. The van der Waals surface area contributed by atoms with Gasteiger partial charge in [0.2, 0.25) is 11.8 Å². The van der Waals surface area contributed by atoms with Crippen molar-refractivity contribution in [2.45, 2.75) is 58.2 Å². The highest BCUT2D eigenvalue weighted by Gasteiger charge is 2.31. The summed E-state index contributed by atoms with van der Waals surface area (Å²) in [7, 11) is 0. The molecule has 3 aromatic rings. The van der Waals surface area contributed by atoms with Gasteiger partial charge in [-0.3, -0.25) is 9.59 Å². The van der Waals surface area contributed by atoms with E-state index in [1.54, 1.807) is 29.2 Å². The van der Waals surface area contributed by atoms with E-state index >= 15 is 0 Å². The lowest BCUT2D eigenvalue weighted by molar-refractivity contribution is -0.142. The van der Waals surface area contributed by atoms with Crippen LogP contribution in [0.2, 0.25) is 5.02 Å². The molecule has 190 valence electrons. The molecule has 0 heterocycles. The van der Waals surface area contributed by atoms with E-state index in [2.05, 4.69) is 5.32 Å². The first kappa shape index (κ1) is 27.3. The average molecular weight is 507 g/mol. The Balaban J connectivity index is 1.78. The minimum atomic E-state index is -0.642. The molecule has 1 atom stereocenters. The van der Waals surface area contributed by atoms with Gasteiger partial charge in [0.25, 0.3) is 0 Å². The number of carbonyl (C=O) groups is 2. The second-order valence-electron chi connectivity index (χ2n) is 9.86. The molecule has 5 nitrogen and oxygen atoms in total. The van der Waals surface area contributed by atoms with E-state index in [-0.39, 0.29) is 18.2 Å². The smallest absolute Gasteiger partial charge is 0.243 e. The minimum Gasteiger partial charge on any atom is -0.494 e. The van der Waals surface area contributed by atoms with Crippen LogP contribution in [0.5, 0.6) is 5.75 Å². The largest absolute Gasteiger partial charge is 0.494 e. The number of hydrogen-bond donors (Lipinski definition) is 1. The maximum atomic E-state index is 13.6. The zero-order chi connectivity index (χ0) is 26.0. The third kappa shape index (κ3) is 9.04. The number of ether oxygens (including phenoxy) is 1. The van der Waals surface area contributed by atoms with Gasteiger partial charge in [0.05, 0.1) is 6.61 Å². The maximum Gasteiger partial charge on any atom is 0.243 e. The summed E-state index contributed by atoms with van der Waals surface area (Å²) in [5.74, 6) is 0.469. The lowest BCUT2D eigenvalue weighted by Crippen LogP contribution is -2.54. The zero-order valence-corrected chi connectivity index (χ0v) is 22.0. The first-order chi connectivity index (χ1) is 17.2. The summed E-state index contributed by atoms with van der Waals surface area (Å²) < 4.78 is 5.77. The molecule has 0 saturated carbocycles. The van der Waals surface area contributed by atoms with E-state index in [1.165, 1.54) is 0 Å². The van der Waals surface area contributed by atoms with Gasteiger partial charge in [0, 0.05) is 29.9 Å². The first-order valence-corrected chi connectivity index (χ1v) is 12.7. The molecule has 0 aromatic heterocycles. The van der Waals surface area contributed by atoms with Crippen LogP contribution in [-0.2, 0) is 22.6 Å². The number of hydrogen-bond acceptors (Lipinski definition) is 3. The lowest BCUT2D eigenvalue weighted by Gasteiger charge is -2.34. The SMILES string of the molecule is CC(C)(C)NC(=O)C(Cc1ccccc1)N(Cc1ccccc1)C(=O)CCCOc1ccc(Cl)cc1. The Labute approximate surface area is 219 Å². The van der Waals surface area contributed by atoms with Crippen LogP contribution in [0.25, 0.3) is 0 Å². The van der Waals surface area contributed by atoms with Gasteiger partial charge in [-0.2, -0.15) is 0 Å². The molecular weight excluding hydrogens is 472 g/mol. The predicted molar refractivity (Wildman–Crippen MR) is 145 cm³/mol. The number of amides is 2. The molecule has 1 N–H and O–H groups in total. The molecule has 6 heteroatoms. The Bertz CT molecular complexity index is 1100. The molecule has 0 spiro atoms. The van der Waals surface area contributed by atoms with Crippen molar-refractivity contribution in [3.05, 3.63) is 101 Å². The van der Waals surface area contributed by atoms with Gasteiger partial charge in [0.15, 0.2) is 0 Å². The summed E-state index contributed by atoms with van der Waals surface area (Å²) in [6.07, 6.45) is 1.24. The Morgan fingerprint density at radius 3 is 2.06 bits per heavy atom. The van der Waals surface area contributed by atoms with Crippen LogP contribution in [0, 0.1) is 0 Å². The van der Waals surface area contributed by atoms with Crippen LogP contribution in [0.3, 0.4) is 0 Å². The first-order valence-electron chi connectivity index (χ1n) is 12.3. The highest BCUT2D eigenvalue weighted by molar-refractivity contribution is 6.30. The van der Waals surface area contributed by atoms with Gasteiger partial charge in [-0.25, -0.2) is 0 Å². The van der Waals surface area contributed by atoms with Gasteiger partial charge < -0.3 is 15.0 Å². The van der Waals surface area contributed by atoms with Crippen molar-refractivity contribution >= 4 is 23.4 Å². The Hall–Kier alpha value is -3.31. The number of halogens is 1. The molecule has 0 aliphatic carbocycles. The van der Waals surface area contributed by atoms with Crippen LogP contribution in [0.4, 0.5) is 0 Å². The molecule has 3 aromatic carbocycles. The fourth-order valence-corrected chi connectivity index (χ4v) is 4.00. The fraction of sp³-hybridized carbons (Fsp3) is 0.333. The quantitative estimate of drug-likeness (QED) is 0.322. The average Bonchev–Trinajstić information content (AvgIpc) is 2.85. The predicted octanol–water partition coefficient (Wildman–Crippen LogP) is 6.05. The zero-order valence-electron chi connectivity index (χ0n) is 21.2. The Kier molecular flexibility index (Phi) is 9.95. The fourth-order valence-electron chi connectivity index (χ4n) is 3.87. The van der Waals surface area contributed by atoms with E-state index in [4.69, 9.17) is 16.3 Å². The summed E-state index contributed by atoms with van der Waals surface area (Å²) in [5.41, 5.74) is 1.56. The van der Waals surface area contributed by atoms with E-state index in [0.29, 0.717) is 36.8 Å². The number of rotatable bonds is 11. The third-order valence-electron chi connectivity index (χ3n) is 5.58. The summed E-state index contributed by atoms with van der Waals surface area (Å²) in [6, 6.07) is 26.1. The van der Waals surface area contributed by atoms with Crippen LogP contribution >= 0.6 is 11.6 Å². The summed E-state index contributed by atoms with van der Waals surface area (Å²) in [4.78, 5) is 28.8. The number of nitrogens with zero attached hydrogens (tertiary/aromatic N) is 1. The molecule has 2 amide bonds. The summed E-state index contributed by atoms with van der Waals surface area (Å²) in [6.45, 7) is 6.59. The minimum absolute atomic E-state index is 0.0800. The summed E-state index contributed by atoms with van der Waals surface area (Å²) in [5, 5.41) is 3.73. The van der Waals surface area contributed by atoms with Gasteiger partial charge in [-0.15, -0.1) is 0 Å². The van der Waals surface area contributed by atoms with Crippen LogP contribution in [0.1, 0.15) is 44.7 Å². The van der Waals surface area contributed by atoms with Crippen molar-refractivity contribution in [1.82, 2.24) is 10.2 Å². The van der Waals surface area contributed by atoms with Crippen molar-refractivity contribution in [1.29, 1.82) is 0 Å². The normalized spacial score (nSPS) is 12.0. The second kappa shape index (κ2) is 13.1. The van der Waals surface area contributed by atoms with Crippen molar-refractivity contribution in [3.8, 4) is 5.75 Å². The molecule has 3 rings (SSSR count). The van der Waals surface area contributed by atoms with Crippen molar-refractivity contribution in [2.24, 2.45) is 0 Å². The van der Waals surface area contributed by atoms with Gasteiger partial charge in [-0.1, -0.05) is 72.3 Å². The molecule has 0 aliphatic rings. The van der Waals surface area contributed by atoms with Gasteiger partial charge >= 0.3 is 0 Å². The molecule has 0 aliphatic heterocycles. The Morgan fingerprint density at radius 1 is 0.889 bits per heavy atom. The Morgan fingerprint density at radius 2 is 1.47 bits per heavy atom. The molecule has 0 saturated heterocycles. The molecular formula is C30H35ClN2O3. The molecule has 1 unspecified atom stereocenters. The van der Waals surface area contributed by atoms with Crippen molar-refractivity contribution in [2.75, 3.05) is 6.61 Å². The maximum absolute atomic E-state index is 13.6. The standard InChI is InChI=1S/C30H35ClN2O3/c1-30(2,3)32-29(35)27(21-23-11-6-4-7-12-23)33(22-24-13-8-5-9-14-24)28(34)15-10-20-36-26-18-16-25(31)17-19-26/h4-9,11-14,16-19,27H,10,15,20-22H2,1-3H3,(H,32,35). The second-order valence-corrected chi connectivity index (χ2v) is 10.3. The topological polar surface area (TPSA) is 58.6 Å². The highest BCUT2D eigenvalue weighted by Crippen LogP contribution is 2.19. The van der Waals surface area contributed by atoms with E-state index in [0.717, 1.165) is 11.1 Å². The van der Waals surface area contributed by atoms with Crippen molar-refractivity contribution < 1.29 is 14.3 Å².